The lowest BCUT2D eigenvalue weighted by molar-refractivity contribution is 0.185. The van der Waals surface area contributed by atoms with Gasteiger partial charge in [-0.2, -0.15) is 0 Å². The van der Waals surface area contributed by atoms with Crippen LogP contribution in [0.3, 0.4) is 0 Å². The molecule has 0 aromatic heterocycles. The van der Waals surface area contributed by atoms with Crippen LogP contribution in [-0.2, 0) is 0 Å². The van der Waals surface area contributed by atoms with Gasteiger partial charge in [-0.05, 0) is 44.9 Å². The minimum atomic E-state index is 0.859. The minimum absolute atomic E-state index is 0.859. The molecular weight excluding hydrogens is 158 g/mol. The van der Waals surface area contributed by atoms with Crippen LogP contribution in [0.25, 0.3) is 0 Å². The molecule has 13 heavy (non-hydrogen) atoms. The summed E-state index contributed by atoms with van der Waals surface area (Å²) in [6.45, 7) is 3.66. The van der Waals surface area contributed by atoms with Gasteiger partial charge in [0.15, 0.2) is 0 Å². The third-order valence-corrected chi connectivity index (χ3v) is 3.48. The van der Waals surface area contributed by atoms with Crippen molar-refractivity contribution >= 4 is 0 Å². The number of hydrogen-bond acceptors (Lipinski definition) is 1. The molecular formula is C12H21N. The lowest BCUT2D eigenvalue weighted by Crippen LogP contribution is -2.37. The van der Waals surface area contributed by atoms with Crippen LogP contribution in [0.15, 0.2) is 11.8 Å². The molecule has 2 rings (SSSR count). The summed E-state index contributed by atoms with van der Waals surface area (Å²) in [5.41, 5.74) is 1.66. The van der Waals surface area contributed by atoms with Crippen LogP contribution in [0, 0.1) is 0 Å². The van der Waals surface area contributed by atoms with Gasteiger partial charge in [-0.25, -0.2) is 0 Å². The Bertz CT molecular complexity index is 195. The Kier molecular flexibility index (Phi) is 2.92. The standard InChI is InChI=1S/C12H21N/c1-2-11-7-5-6-10-13(11)12-8-3-4-9-12/h8,11H,2-7,9-10H2,1H3. The highest BCUT2D eigenvalue weighted by atomic mass is 15.2. The average Bonchev–Trinajstić information content (AvgIpc) is 2.70. The van der Waals surface area contributed by atoms with Crippen molar-refractivity contribution in [3.63, 3.8) is 0 Å². The summed E-state index contributed by atoms with van der Waals surface area (Å²) in [5.74, 6) is 0. The van der Waals surface area contributed by atoms with E-state index in [1.54, 1.807) is 5.70 Å². The van der Waals surface area contributed by atoms with Crippen LogP contribution in [0.1, 0.15) is 51.9 Å². The first-order valence-corrected chi connectivity index (χ1v) is 5.87. The van der Waals surface area contributed by atoms with Gasteiger partial charge in [-0.1, -0.05) is 13.0 Å². The van der Waals surface area contributed by atoms with Crippen LogP contribution < -0.4 is 0 Å². The summed E-state index contributed by atoms with van der Waals surface area (Å²) in [7, 11) is 0. The van der Waals surface area contributed by atoms with E-state index in [1.807, 2.05) is 0 Å². The summed E-state index contributed by atoms with van der Waals surface area (Å²) in [4.78, 5) is 2.69. The normalized spacial score (nSPS) is 29.2. The SMILES string of the molecule is CCC1CCCCN1C1=CCCC1. The highest BCUT2D eigenvalue weighted by molar-refractivity contribution is 5.08. The van der Waals surface area contributed by atoms with Crippen LogP contribution in [0.5, 0.6) is 0 Å². The zero-order valence-corrected chi connectivity index (χ0v) is 8.76. The fourth-order valence-corrected chi connectivity index (χ4v) is 2.72. The van der Waals surface area contributed by atoms with Gasteiger partial charge >= 0.3 is 0 Å². The topological polar surface area (TPSA) is 3.24 Å². The van der Waals surface area contributed by atoms with Gasteiger partial charge in [0.05, 0.1) is 0 Å². The third-order valence-electron chi connectivity index (χ3n) is 3.48. The third kappa shape index (κ3) is 1.90. The zero-order chi connectivity index (χ0) is 9.10. The maximum atomic E-state index is 2.69. The van der Waals surface area contributed by atoms with E-state index in [0.717, 1.165) is 6.04 Å². The summed E-state index contributed by atoms with van der Waals surface area (Å²) < 4.78 is 0. The predicted octanol–water partition coefficient (Wildman–Crippen LogP) is 3.32. The van der Waals surface area contributed by atoms with E-state index in [-0.39, 0.29) is 0 Å². The number of rotatable bonds is 2. The summed E-state index contributed by atoms with van der Waals surface area (Å²) in [6, 6.07) is 0.859. The Morgan fingerprint density at radius 3 is 3.00 bits per heavy atom. The number of piperidine rings is 1. The van der Waals surface area contributed by atoms with Gasteiger partial charge in [0.25, 0.3) is 0 Å². The first-order chi connectivity index (χ1) is 6.42. The summed E-state index contributed by atoms with van der Waals surface area (Å²) >= 11 is 0. The Morgan fingerprint density at radius 2 is 2.31 bits per heavy atom. The van der Waals surface area contributed by atoms with Crippen molar-refractivity contribution in [2.24, 2.45) is 0 Å². The second-order valence-corrected chi connectivity index (χ2v) is 4.34. The maximum Gasteiger partial charge on any atom is 0.0284 e. The first kappa shape index (κ1) is 9.11. The molecule has 0 radical (unpaired) electrons. The maximum absolute atomic E-state index is 2.69. The molecule has 1 aliphatic carbocycles. The molecule has 74 valence electrons. The number of allylic oxidation sites excluding steroid dienone is 2. The lowest BCUT2D eigenvalue weighted by Gasteiger charge is -2.38. The molecule has 1 nitrogen and oxygen atoms in total. The smallest absolute Gasteiger partial charge is 0.0284 e. The van der Waals surface area contributed by atoms with Gasteiger partial charge < -0.3 is 4.90 Å². The lowest BCUT2D eigenvalue weighted by atomic mass is 9.99. The van der Waals surface area contributed by atoms with Crippen molar-refractivity contribution in [1.29, 1.82) is 0 Å². The fourth-order valence-electron chi connectivity index (χ4n) is 2.72. The molecule has 0 spiro atoms. The molecule has 1 aliphatic heterocycles. The molecule has 1 saturated heterocycles. The highest BCUT2D eigenvalue weighted by Gasteiger charge is 2.23. The Balaban J connectivity index is 2.01. The molecule has 0 amide bonds. The van der Waals surface area contributed by atoms with Gasteiger partial charge in [-0.3, -0.25) is 0 Å². The molecule has 0 aromatic rings. The molecule has 1 heteroatoms. The minimum Gasteiger partial charge on any atom is -0.372 e. The van der Waals surface area contributed by atoms with Crippen molar-refractivity contribution in [2.45, 2.75) is 57.9 Å². The average molecular weight is 179 g/mol. The van der Waals surface area contributed by atoms with Crippen molar-refractivity contribution in [3.05, 3.63) is 11.8 Å². The van der Waals surface area contributed by atoms with Crippen LogP contribution in [-0.4, -0.2) is 17.5 Å². The van der Waals surface area contributed by atoms with Crippen molar-refractivity contribution in [3.8, 4) is 0 Å². The van der Waals surface area contributed by atoms with E-state index in [1.165, 1.54) is 51.5 Å². The molecule has 0 saturated carbocycles. The quantitative estimate of drug-likeness (QED) is 0.628. The highest BCUT2D eigenvalue weighted by Crippen LogP contribution is 2.29. The van der Waals surface area contributed by atoms with Crippen molar-refractivity contribution in [1.82, 2.24) is 4.90 Å². The summed E-state index contributed by atoms with van der Waals surface area (Å²) in [5, 5.41) is 0. The molecule has 1 fully saturated rings. The van der Waals surface area contributed by atoms with Crippen molar-refractivity contribution < 1.29 is 0 Å². The van der Waals surface area contributed by atoms with Gasteiger partial charge in [0.2, 0.25) is 0 Å². The number of nitrogens with zero attached hydrogens (tertiary/aromatic N) is 1. The monoisotopic (exact) mass is 179 g/mol. The van der Waals surface area contributed by atoms with Gasteiger partial charge in [-0.15, -0.1) is 0 Å². The summed E-state index contributed by atoms with van der Waals surface area (Å²) in [6.07, 6.45) is 12.1. The number of likely N-dealkylation sites (tertiary alicyclic amines) is 1. The van der Waals surface area contributed by atoms with Crippen LogP contribution in [0.4, 0.5) is 0 Å². The van der Waals surface area contributed by atoms with Crippen LogP contribution in [0.2, 0.25) is 0 Å². The van der Waals surface area contributed by atoms with Gasteiger partial charge in [0, 0.05) is 18.3 Å². The van der Waals surface area contributed by atoms with E-state index in [0.29, 0.717) is 0 Å². The molecule has 0 aromatic carbocycles. The molecule has 1 heterocycles. The Hall–Kier alpha value is -0.460. The van der Waals surface area contributed by atoms with Gasteiger partial charge in [0.1, 0.15) is 0 Å². The van der Waals surface area contributed by atoms with E-state index < -0.39 is 0 Å². The molecule has 2 aliphatic rings. The number of hydrogen-bond donors (Lipinski definition) is 0. The Morgan fingerprint density at radius 1 is 1.38 bits per heavy atom. The molecule has 0 bridgehead atoms. The molecule has 1 unspecified atom stereocenters. The van der Waals surface area contributed by atoms with E-state index >= 15 is 0 Å². The fraction of sp³-hybridized carbons (Fsp3) is 0.833. The molecule has 1 atom stereocenters. The second-order valence-electron chi connectivity index (χ2n) is 4.34. The largest absolute Gasteiger partial charge is 0.372 e. The van der Waals surface area contributed by atoms with Crippen molar-refractivity contribution in [2.75, 3.05) is 6.54 Å². The van der Waals surface area contributed by atoms with E-state index in [4.69, 9.17) is 0 Å². The zero-order valence-electron chi connectivity index (χ0n) is 8.76. The first-order valence-electron chi connectivity index (χ1n) is 5.87. The second kappa shape index (κ2) is 4.17. The van der Waals surface area contributed by atoms with E-state index in [9.17, 15) is 0 Å². The molecule has 0 N–H and O–H groups in total. The Labute approximate surface area is 81.8 Å². The van der Waals surface area contributed by atoms with Crippen LogP contribution >= 0.6 is 0 Å². The predicted molar refractivity (Wildman–Crippen MR) is 56.6 cm³/mol. The van der Waals surface area contributed by atoms with E-state index in [2.05, 4.69) is 17.9 Å².